The van der Waals surface area contributed by atoms with Crippen LogP contribution in [-0.2, 0) is 11.3 Å². The zero-order valence-electron chi connectivity index (χ0n) is 16.6. The number of nitrogens with zero attached hydrogens (tertiary/aromatic N) is 2. The van der Waals surface area contributed by atoms with Crippen LogP contribution in [0.15, 0.2) is 21.5 Å². The van der Waals surface area contributed by atoms with Crippen molar-refractivity contribution in [1.82, 2.24) is 9.47 Å². The Morgan fingerprint density at radius 2 is 1.96 bits per heavy atom. The van der Waals surface area contributed by atoms with Gasteiger partial charge in [-0.1, -0.05) is 24.4 Å². The molecular formula is C20H28BrClN2O4. The van der Waals surface area contributed by atoms with Gasteiger partial charge < -0.3 is 19.3 Å². The number of carbonyl (C=O) groups is 1. The quantitative estimate of drug-likeness (QED) is 0.696. The molecular weight excluding hydrogens is 448 g/mol. The van der Waals surface area contributed by atoms with Crippen LogP contribution in [0.2, 0.25) is 5.02 Å². The molecule has 2 heterocycles. The van der Waals surface area contributed by atoms with Gasteiger partial charge in [-0.05, 0) is 56.0 Å². The zero-order chi connectivity index (χ0) is 20.7. The maximum atomic E-state index is 12.6. The van der Waals surface area contributed by atoms with Crippen molar-refractivity contribution < 1.29 is 14.6 Å². The monoisotopic (exact) mass is 474 g/mol. The van der Waals surface area contributed by atoms with Gasteiger partial charge in [0.15, 0.2) is 0 Å². The Hall–Kier alpha value is -1.05. The highest BCUT2D eigenvalue weighted by molar-refractivity contribution is 9.10. The molecule has 1 saturated heterocycles. The number of hydrogen-bond acceptors (Lipinski definition) is 4. The molecule has 1 amide bonds. The second-order valence-electron chi connectivity index (χ2n) is 9.11. The molecule has 2 aliphatic rings. The van der Waals surface area contributed by atoms with Gasteiger partial charge in [0.05, 0.1) is 21.6 Å². The summed E-state index contributed by atoms with van der Waals surface area (Å²) in [7, 11) is 0. The summed E-state index contributed by atoms with van der Waals surface area (Å²) >= 11 is 9.36. The number of rotatable bonds is 2. The molecule has 1 aliphatic carbocycles. The van der Waals surface area contributed by atoms with E-state index in [1.807, 2.05) is 20.8 Å². The number of carbonyl (C=O) groups excluding carboxylic acids is 1. The molecule has 3 rings (SSSR count). The molecule has 1 aromatic heterocycles. The summed E-state index contributed by atoms with van der Waals surface area (Å²) in [6.07, 6.45) is 5.35. The molecule has 1 aromatic rings. The van der Waals surface area contributed by atoms with Gasteiger partial charge in [-0.25, -0.2) is 4.79 Å². The molecule has 6 nitrogen and oxygen atoms in total. The van der Waals surface area contributed by atoms with Gasteiger partial charge in [-0.3, -0.25) is 4.79 Å². The molecule has 0 bridgehead atoms. The first-order valence-corrected chi connectivity index (χ1v) is 10.9. The number of halogens is 2. The molecule has 1 spiro atoms. The molecule has 1 atom stereocenters. The lowest BCUT2D eigenvalue weighted by atomic mass is 9.66. The summed E-state index contributed by atoms with van der Waals surface area (Å²) in [4.78, 5) is 26.7. The number of aliphatic hydroxyl groups is 1. The van der Waals surface area contributed by atoms with Gasteiger partial charge in [0, 0.05) is 30.8 Å². The van der Waals surface area contributed by atoms with Crippen LogP contribution >= 0.6 is 27.5 Å². The average molecular weight is 476 g/mol. The normalized spacial score (nSPS) is 24.6. The van der Waals surface area contributed by atoms with E-state index in [9.17, 15) is 14.7 Å². The van der Waals surface area contributed by atoms with Crippen LogP contribution in [-0.4, -0.2) is 45.0 Å². The van der Waals surface area contributed by atoms with Crippen LogP contribution in [0.1, 0.15) is 52.9 Å². The third-order valence-corrected chi connectivity index (χ3v) is 7.12. The standard InChI is InChI=1S/C20H28BrClN2O4/c1-18(2,3)28-17(26)23-9-8-20(27,19(12-23)6-4-5-7-19)13-24-11-14(21)15(22)10-16(24)25/h10-11,27H,4-9,12-13H2,1-3H3. The second-order valence-corrected chi connectivity index (χ2v) is 10.4. The number of likely N-dealkylation sites (tertiary alicyclic amines) is 1. The second kappa shape index (κ2) is 7.65. The Balaban J connectivity index is 1.87. The smallest absolute Gasteiger partial charge is 0.410 e. The molecule has 1 N–H and O–H groups in total. The topological polar surface area (TPSA) is 71.8 Å². The Morgan fingerprint density at radius 1 is 1.32 bits per heavy atom. The summed E-state index contributed by atoms with van der Waals surface area (Å²) < 4.78 is 7.67. The van der Waals surface area contributed by atoms with Gasteiger partial charge in [0.25, 0.3) is 5.56 Å². The number of amides is 1. The van der Waals surface area contributed by atoms with Crippen LogP contribution in [0.3, 0.4) is 0 Å². The predicted molar refractivity (Wildman–Crippen MR) is 112 cm³/mol. The molecule has 156 valence electrons. The van der Waals surface area contributed by atoms with Crippen molar-refractivity contribution in [3.8, 4) is 0 Å². The summed E-state index contributed by atoms with van der Waals surface area (Å²) in [6.45, 7) is 6.58. The Morgan fingerprint density at radius 3 is 2.57 bits per heavy atom. The maximum absolute atomic E-state index is 12.6. The Kier molecular flexibility index (Phi) is 5.92. The van der Waals surface area contributed by atoms with Crippen LogP contribution in [0, 0.1) is 5.41 Å². The molecule has 0 radical (unpaired) electrons. The van der Waals surface area contributed by atoms with E-state index < -0.39 is 16.6 Å². The van der Waals surface area contributed by atoms with Crippen molar-refractivity contribution in [2.24, 2.45) is 5.41 Å². The lowest BCUT2D eigenvalue weighted by Crippen LogP contribution is -2.62. The lowest BCUT2D eigenvalue weighted by Gasteiger charge is -2.52. The third-order valence-electron chi connectivity index (χ3n) is 5.95. The molecule has 1 unspecified atom stereocenters. The first-order chi connectivity index (χ1) is 12.9. The Bertz CT molecular complexity index is 813. The van der Waals surface area contributed by atoms with Gasteiger partial charge in [0.1, 0.15) is 5.60 Å². The number of pyridine rings is 1. The minimum atomic E-state index is -1.07. The zero-order valence-corrected chi connectivity index (χ0v) is 19.0. The maximum Gasteiger partial charge on any atom is 0.410 e. The van der Waals surface area contributed by atoms with Crippen molar-refractivity contribution in [3.05, 3.63) is 32.1 Å². The number of hydrogen-bond donors (Lipinski definition) is 1. The van der Waals surface area contributed by atoms with Crippen molar-refractivity contribution in [3.63, 3.8) is 0 Å². The van der Waals surface area contributed by atoms with Crippen molar-refractivity contribution in [2.45, 2.75) is 70.6 Å². The Labute approximate surface area is 178 Å². The minimum absolute atomic E-state index is 0.184. The largest absolute Gasteiger partial charge is 0.444 e. The number of aromatic nitrogens is 1. The van der Waals surface area contributed by atoms with E-state index in [1.165, 1.54) is 10.6 Å². The fourth-order valence-electron chi connectivity index (χ4n) is 4.51. The van der Waals surface area contributed by atoms with Gasteiger partial charge in [-0.15, -0.1) is 0 Å². The number of ether oxygens (including phenoxy) is 1. The highest BCUT2D eigenvalue weighted by Gasteiger charge is 2.56. The van der Waals surface area contributed by atoms with E-state index in [0.29, 0.717) is 29.0 Å². The molecule has 0 aromatic carbocycles. The van der Waals surface area contributed by atoms with E-state index in [4.69, 9.17) is 16.3 Å². The van der Waals surface area contributed by atoms with Crippen LogP contribution in [0.25, 0.3) is 0 Å². The molecule has 8 heteroatoms. The predicted octanol–water partition coefficient (Wildman–Crippen LogP) is 4.20. The molecule has 1 aliphatic heterocycles. The minimum Gasteiger partial charge on any atom is -0.444 e. The first-order valence-electron chi connectivity index (χ1n) is 9.71. The highest BCUT2D eigenvalue weighted by atomic mass is 79.9. The molecule has 28 heavy (non-hydrogen) atoms. The lowest BCUT2D eigenvalue weighted by molar-refractivity contribution is -0.140. The van der Waals surface area contributed by atoms with Crippen molar-refractivity contribution >= 4 is 33.6 Å². The van der Waals surface area contributed by atoms with E-state index in [-0.39, 0.29) is 18.2 Å². The summed E-state index contributed by atoms with van der Waals surface area (Å²) in [6, 6.07) is 1.35. The van der Waals surface area contributed by atoms with E-state index in [2.05, 4.69) is 15.9 Å². The number of piperidine rings is 1. The average Bonchev–Trinajstić information content (AvgIpc) is 3.04. The highest BCUT2D eigenvalue weighted by Crippen LogP contribution is 2.51. The summed E-state index contributed by atoms with van der Waals surface area (Å²) in [5, 5.41) is 12.1. The fourth-order valence-corrected chi connectivity index (χ4v) is 5.01. The van der Waals surface area contributed by atoms with Crippen LogP contribution in [0.4, 0.5) is 4.79 Å². The molecule has 1 saturated carbocycles. The van der Waals surface area contributed by atoms with Gasteiger partial charge in [0.2, 0.25) is 0 Å². The van der Waals surface area contributed by atoms with Crippen molar-refractivity contribution in [2.75, 3.05) is 13.1 Å². The summed E-state index contributed by atoms with van der Waals surface area (Å²) in [5.41, 5.74) is -2.31. The van der Waals surface area contributed by atoms with E-state index in [1.54, 1.807) is 11.1 Å². The van der Waals surface area contributed by atoms with E-state index >= 15 is 0 Å². The van der Waals surface area contributed by atoms with Gasteiger partial charge in [-0.2, -0.15) is 0 Å². The van der Waals surface area contributed by atoms with Crippen molar-refractivity contribution in [1.29, 1.82) is 0 Å². The molecule has 2 fully saturated rings. The summed E-state index contributed by atoms with van der Waals surface area (Å²) in [5.74, 6) is 0. The SMILES string of the molecule is CC(C)(C)OC(=O)N1CCC(O)(Cn2cc(Br)c(Cl)cc2=O)C2(CCCC2)C1. The third kappa shape index (κ3) is 4.26. The van der Waals surface area contributed by atoms with Crippen LogP contribution in [0.5, 0.6) is 0 Å². The first kappa shape index (κ1) is 21.7. The fraction of sp³-hybridized carbons (Fsp3) is 0.700. The van der Waals surface area contributed by atoms with Gasteiger partial charge >= 0.3 is 6.09 Å². The van der Waals surface area contributed by atoms with E-state index in [0.717, 1.165) is 25.7 Å². The van der Waals surface area contributed by atoms with Crippen LogP contribution < -0.4 is 5.56 Å².